The first-order chi connectivity index (χ1) is 15.3. The van der Waals surface area contributed by atoms with Crippen LogP contribution in [0.15, 0.2) is 72.8 Å². The predicted molar refractivity (Wildman–Crippen MR) is 128 cm³/mol. The van der Waals surface area contributed by atoms with E-state index in [1.807, 2.05) is 36.4 Å². The Bertz CT molecular complexity index is 1040. The van der Waals surface area contributed by atoms with E-state index in [2.05, 4.69) is 4.90 Å². The summed E-state index contributed by atoms with van der Waals surface area (Å²) in [6, 6.07) is 20.2. The highest BCUT2D eigenvalue weighted by molar-refractivity contribution is 6.36. The Kier molecular flexibility index (Phi) is 8.76. The van der Waals surface area contributed by atoms with Crippen molar-refractivity contribution in [3.8, 4) is 0 Å². The molecule has 4 rings (SSSR count). The molecule has 0 radical (unpaired) electrons. The molecule has 3 aromatic rings. The Hall–Kier alpha value is -2.31. The van der Waals surface area contributed by atoms with E-state index in [4.69, 9.17) is 34.8 Å². The maximum absolute atomic E-state index is 13.3. The summed E-state index contributed by atoms with van der Waals surface area (Å²) < 4.78 is 13.3. The lowest BCUT2D eigenvalue weighted by molar-refractivity contribution is -0.140. The molecule has 0 aliphatic carbocycles. The first-order valence-corrected chi connectivity index (χ1v) is 11.1. The van der Waals surface area contributed by atoms with Gasteiger partial charge in [0.15, 0.2) is 6.10 Å². The van der Waals surface area contributed by atoms with Gasteiger partial charge in [0.05, 0.1) is 10.7 Å². The normalized spacial score (nSPS) is 14.4. The van der Waals surface area contributed by atoms with Crippen molar-refractivity contribution in [2.45, 2.75) is 6.10 Å². The highest BCUT2D eigenvalue weighted by atomic mass is 35.5. The maximum atomic E-state index is 13.3. The topological polar surface area (TPSA) is 43.8 Å². The van der Waals surface area contributed by atoms with Crippen molar-refractivity contribution >= 4 is 46.4 Å². The van der Waals surface area contributed by atoms with Crippen LogP contribution in [0.3, 0.4) is 0 Å². The number of benzene rings is 3. The number of carbonyl (C=O) groups excluding carboxylic acids is 1. The summed E-state index contributed by atoms with van der Waals surface area (Å²) in [5.74, 6) is -0.904. The fraction of sp³-hybridized carbons (Fsp3) is 0.208. The van der Waals surface area contributed by atoms with E-state index >= 15 is 0 Å². The molecule has 1 saturated heterocycles. The molecule has 3 aromatic carbocycles. The Balaban J connectivity index is 0.000000352. The zero-order valence-electron chi connectivity index (χ0n) is 17.1. The zero-order valence-corrected chi connectivity index (χ0v) is 19.4. The van der Waals surface area contributed by atoms with Gasteiger partial charge in [0.2, 0.25) is 0 Å². The highest BCUT2D eigenvalue weighted by Crippen LogP contribution is 2.29. The van der Waals surface area contributed by atoms with Crippen molar-refractivity contribution in [1.82, 2.24) is 4.90 Å². The van der Waals surface area contributed by atoms with Gasteiger partial charge >= 0.3 is 0 Å². The fourth-order valence-corrected chi connectivity index (χ4v) is 3.99. The molecule has 32 heavy (non-hydrogen) atoms. The summed E-state index contributed by atoms with van der Waals surface area (Å²) in [6.45, 7) is 2.07. The van der Waals surface area contributed by atoms with Crippen molar-refractivity contribution in [2.24, 2.45) is 0 Å². The molecule has 1 fully saturated rings. The molecule has 1 aliphatic rings. The van der Waals surface area contributed by atoms with Crippen LogP contribution in [0.1, 0.15) is 11.7 Å². The van der Waals surface area contributed by atoms with Gasteiger partial charge in [-0.05, 0) is 48.0 Å². The molecule has 1 aliphatic heterocycles. The molecule has 1 atom stereocenters. The third-order valence-corrected chi connectivity index (χ3v) is 5.76. The minimum Gasteiger partial charge on any atom is -0.378 e. The minimum atomic E-state index is -1.36. The summed E-state index contributed by atoms with van der Waals surface area (Å²) in [5, 5.41) is 12.1. The van der Waals surface area contributed by atoms with E-state index in [9.17, 15) is 14.3 Å². The Morgan fingerprint density at radius 3 is 2.09 bits per heavy atom. The average Bonchev–Trinajstić information content (AvgIpc) is 2.79. The molecule has 0 saturated carbocycles. The number of aliphatic hydroxyl groups is 1. The van der Waals surface area contributed by atoms with Crippen LogP contribution in [0.4, 0.5) is 10.1 Å². The summed E-state index contributed by atoms with van der Waals surface area (Å²) >= 11 is 17.7. The third-order valence-electron chi connectivity index (χ3n) is 4.97. The second-order valence-electron chi connectivity index (χ2n) is 7.16. The van der Waals surface area contributed by atoms with E-state index in [0.717, 1.165) is 10.7 Å². The predicted octanol–water partition coefficient (Wildman–Crippen LogP) is 5.85. The third kappa shape index (κ3) is 6.59. The Labute approximate surface area is 201 Å². The number of halogens is 4. The van der Waals surface area contributed by atoms with Gasteiger partial charge in [0.1, 0.15) is 5.82 Å². The van der Waals surface area contributed by atoms with Crippen molar-refractivity contribution in [1.29, 1.82) is 0 Å². The van der Waals surface area contributed by atoms with Crippen LogP contribution < -0.4 is 4.90 Å². The number of rotatable bonds is 3. The Morgan fingerprint density at radius 2 is 1.53 bits per heavy atom. The molecule has 4 nitrogen and oxygen atoms in total. The number of carbonyl (C=O) groups is 1. The molecule has 1 heterocycles. The molecular weight excluding hydrogens is 474 g/mol. The number of nitrogens with zero attached hydrogens (tertiary/aromatic N) is 2. The van der Waals surface area contributed by atoms with E-state index in [1.54, 1.807) is 17.0 Å². The highest BCUT2D eigenvalue weighted by Gasteiger charge is 2.28. The van der Waals surface area contributed by atoms with Crippen molar-refractivity contribution in [3.05, 3.63) is 99.2 Å². The summed E-state index contributed by atoms with van der Waals surface area (Å²) in [4.78, 5) is 16.1. The number of anilines is 1. The first kappa shape index (κ1) is 24.3. The van der Waals surface area contributed by atoms with Crippen molar-refractivity contribution in [3.63, 3.8) is 0 Å². The van der Waals surface area contributed by atoms with Crippen molar-refractivity contribution < 1.29 is 14.3 Å². The van der Waals surface area contributed by atoms with Crippen LogP contribution in [0.5, 0.6) is 0 Å². The molecule has 0 bridgehead atoms. The van der Waals surface area contributed by atoms with E-state index < -0.39 is 17.8 Å². The molecule has 0 aromatic heterocycles. The fourth-order valence-electron chi connectivity index (χ4n) is 3.31. The molecule has 1 N–H and O–H groups in total. The van der Waals surface area contributed by atoms with Crippen LogP contribution in [-0.4, -0.2) is 42.1 Å². The zero-order chi connectivity index (χ0) is 23.1. The quantitative estimate of drug-likeness (QED) is 0.495. The van der Waals surface area contributed by atoms with Crippen LogP contribution in [0.2, 0.25) is 15.1 Å². The van der Waals surface area contributed by atoms with Gasteiger partial charge in [-0.3, -0.25) is 4.79 Å². The van der Waals surface area contributed by atoms with Crippen LogP contribution in [0.25, 0.3) is 0 Å². The van der Waals surface area contributed by atoms with Gasteiger partial charge in [-0.15, -0.1) is 0 Å². The molecule has 1 amide bonds. The van der Waals surface area contributed by atoms with E-state index in [-0.39, 0.29) is 5.56 Å². The van der Waals surface area contributed by atoms with Gasteiger partial charge in [-0.2, -0.15) is 0 Å². The largest absolute Gasteiger partial charge is 0.378 e. The van der Waals surface area contributed by atoms with Crippen molar-refractivity contribution in [2.75, 3.05) is 31.1 Å². The van der Waals surface area contributed by atoms with E-state index in [0.29, 0.717) is 36.2 Å². The molecule has 1 unspecified atom stereocenters. The molecular formula is C24H22Cl3FN2O2. The van der Waals surface area contributed by atoms with Gasteiger partial charge in [-0.25, -0.2) is 4.39 Å². The summed E-state index contributed by atoms with van der Waals surface area (Å²) in [5.41, 5.74) is 1.12. The summed E-state index contributed by atoms with van der Waals surface area (Å²) in [6.07, 6.45) is -1.36. The lowest BCUT2D eigenvalue weighted by Gasteiger charge is -2.37. The molecule has 0 spiro atoms. The lowest BCUT2D eigenvalue weighted by atomic mass is 10.1. The molecule has 8 heteroatoms. The smallest absolute Gasteiger partial charge is 0.256 e. The summed E-state index contributed by atoms with van der Waals surface area (Å²) in [7, 11) is 0. The number of aliphatic hydroxyl groups excluding tert-OH is 1. The second-order valence-corrected chi connectivity index (χ2v) is 8.44. The second kappa shape index (κ2) is 11.5. The monoisotopic (exact) mass is 494 g/mol. The number of amides is 1. The Morgan fingerprint density at radius 1 is 0.844 bits per heavy atom. The SMILES string of the molecule is Clc1ccccc1.O=C(C(O)c1cccc(F)c1)N1CCN(c2ccc(Cl)cc2Cl)CC1. The minimum absolute atomic E-state index is 0.258. The number of hydrogen-bond acceptors (Lipinski definition) is 3. The van der Waals surface area contributed by atoms with Gasteiger partial charge in [0, 0.05) is 36.2 Å². The molecule has 168 valence electrons. The van der Waals surface area contributed by atoms with Gasteiger partial charge in [-0.1, -0.05) is 65.1 Å². The lowest BCUT2D eigenvalue weighted by Crippen LogP contribution is -2.50. The average molecular weight is 496 g/mol. The van der Waals surface area contributed by atoms with Crippen LogP contribution >= 0.6 is 34.8 Å². The first-order valence-electron chi connectivity index (χ1n) is 9.98. The van der Waals surface area contributed by atoms with Gasteiger partial charge in [0.25, 0.3) is 5.91 Å². The maximum Gasteiger partial charge on any atom is 0.256 e. The van der Waals surface area contributed by atoms with E-state index in [1.165, 1.54) is 24.3 Å². The standard InChI is InChI=1S/C18H17Cl2FN2O2.C6H5Cl/c19-13-4-5-16(15(20)11-13)22-6-8-23(9-7-22)18(25)17(24)12-2-1-3-14(21)10-12;7-6-4-2-1-3-5-6/h1-5,10-11,17,24H,6-9H2;1-5H. The number of piperazine rings is 1. The van der Waals surface area contributed by atoms with Crippen LogP contribution in [-0.2, 0) is 4.79 Å². The van der Waals surface area contributed by atoms with Gasteiger partial charge < -0.3 is 14.9 Å². The number of hydrogen-bond donors (Lipinski definition) is 1. The van der Waals surface area contributed by atoms with Crippen LogP contribution in [0, 0.1) is 5.82 Å².